The van der Waals surface area contributed by atoms with Crippen molar-refractivity contribution in [2.24, 2.45) is 10.8 Å². The van der Waals surface area contributed by atoms with E-state index in [1.807, 2.05) is 95.2 Å². The number of aromatic carboxylic acids is 1. The van der Waals surface area contributed by atoms with Crippen LogP contribution in [0, 0.1) is 10.8 Å². The Morgan fingerprint density at radius 2 is 1.02 bits per heavy atom. The summed E-state index contributed by atoms with van der Waals surface area (Å²) in [5, 5.41) is 18.3. The third-order valence-corrected chi connectivity index (χ3v) is 19.6. The number of carbonyl (C=O) groups is 4. The predicted molar refractivity (Wildman–Crippen MR) is 336 cm³/mol. The molecule has 4 aliphatic carbocycles. The average molecular weight is 1180 g/mol. The summed E-state index contributed by atoms with van der Waals surface area (Å²) < 4.78 is 33.3. The largest absolute Gasteiger partial charge is 0.497 e. The van der Waals surface area contributed by atoms with E-state index >= 15 is 0 Å². The number of amides is 2. The molecule has 86 heavy (non-hydrogen) atoms. The van der Waals surface area contributed by atoms with Crippen molar-refractivity contribution in [3.63, 3.8) is 0 Å². The molecule has 6 aromatic rings. The average Bonchev–Trinajstić information content (AvgIpc) is 1.55. The maximum Gasteiger partial charge on any atom is 0.338 e. The summed E-state index contributed by atoms with van der Waals surface area (Å²) in [6.45, 7) is 11.6. The molecule has 2 aromatic heterocycles. The number of nitrogens with one attached hydrogen (secondary N) is 2. The van der Waals surface area contributed by atoms with Gasteiger partial charge in [-0.25, -0.2) is 9.59 Å². The van der Waals surface area contributed by atoms with E-state index in [1.54, 1.807) is 20.3 Å². The van der Waals surface area contributed by atoms with Crippen LogP contribution < -0.4 is 20.1 Å². The SMILES string of the molecule is CNCCOCCN(C)C(=O)[C@]12C[C@H]1c1cc(OC)ccc1-c1c(C3CCCCC3)c3ccc(C(=O)O)cc3n1C2.CNCCOCCN(C)C(=O)[C@]12C[C@H]1c1cc(OC)ccc1-c1c(C3CCCCC3)c3ccc(C(=O)OC(C)(C)C)cc3n1C2. The number of nitrogens with zero attached hydrogens (tertiary/aromatic N) is 4. The highest BCUT2D eigenvalue weighted by atomic mass is 16.6. The second kappa shape index (κ2) is 25.2. The Labute approximate surface area is 507 Å². The van der Waals surface area contributed by atoms with Crippen LogP contribution in [0.1, 0.15) is 164 Å². The number of aromatic nitrogens is 2. The fourth-order valence-electron chi connectivity index (χ4n) is 15.1. The Hall–Kier alpha value is -6.72. The normalized spacial score (nSPS) is 21.2. The summed E-state index contributed by atoms with van der Waals surface area (Å²) in [5.41, 5.74) is 10.7. The third kappa shape index (κ3) is 11.7. The van der Waals surface area contributed by atoms with Gasteiger partial charge in [0, 0.05) is 98.1 Å². The number of fused-ring (bicyclic) bond motifs is 14. The lowest BCUT2D eigenvalue weighted by atomic mass is 9.81. The number of methoxy groups -OCH3 is 2. The van der Waals surface area contributed by atoms with Crippen LogP contribution in [0.15, 0.2) is 72.8 Å². The minimum atomic E-state index is -0.937. The molecule has 0 unspecified atom stereocenters. The molecule has 0 radical (unpaired) electrons. The van der Waals surface area contributed by atoms with Crippen LogP contribution in [0.4, 0.5) is 0 Å². The van der Waals surface area contributed by atoms with E-state index in [0.717, 1.165) is 96.4 Å². The molecule has 0 bridgehead atoms. The number of ether oxygens (including phenoxy) is 5. The zero-order chi connectivity index (χ0) is 60.7. The number of esters is 1. The van der Waals surface area contributed by atoms with Crippen molar-refractivity contribution in [2.45, 2.75) is 140 Å². The van der Waals surface area contributed by atoms with Gasteiger partial charge in [0.15, 0.2) is 0 Å². The number of likely N-dealkylation sites (N-methyl/N-ethyl adjacent to an activating group) is 4. The molecule has 4 fully saturated rings. The highest BCUT2D eigenvalue weighted by Gasteiger charge is 2.65. The van der Waals surface area contributed by atoms with Crippen LogP contribution in [-0.4, -0.2) is 148 Å². The highest BCUT2D eigenvalue weighted by Crippen LogP contribution is 2.68. The molecule has 3 N–H and O–H groups in total. The van der Waals surface area contributed by atoms with Gasteiger partial charge in [0.25, 0.3) is 0 Å². The van der Waals surface area contributed by atoms with Gasteiger partial charge in [-0.2, -0.15) is 0 Å². The molecular weight excluding hydrogens is 1080 g/mol. The van der Waals surface area contributed by atoms with Crippen LogP contribution in [0.25, 0.3) is 44.3 Å². The predicted octanol–water partition coefficient (Wildman–Crippen LogP) is 11.7. The number of rotatable bonds is 20. The Bertz CT molecular complexity index is 3510. The van der Waals surface area contributed by atoms with E-state index in [9.17, 15) is 24.3 Å². The first-order valence-electron chi connectivity index (χ1n) is 31.6. The maximum atomic E-state index is 14.4. The molecule has 0 saturated heterocycles. The van der Waals surface area contributed by atoms with Gasteiger partial charge in [0.2, 0.25) is 11.8 Å². The number of carboxylic acid groups (broad SMARTS) is 1. The molecule has 4 saturated carbocycles. The highest BCUT2D eigenvalue weighted by molar-refractivity contribution is 6.02. The van der Waals surface area contributed by atoms with Crippen LogP contribution in [0.2, 0.25) is 0 Å². The lowest BCUT2D eigenvalue weighted by Gasteiger charge is -2.25. The van der Waals surface area contributed by atoms with Gasteiger partial charge in [-0.15, -0.1) is 0 Å². The van der Waals surface area contributed by atoms with Crippen molar-refractivity contribution in [1.82, 2.24) is 29.6 Å². The molecule has 16 nitrogen and oxygen atoms in total. The minimum absolute atomic E-state index is 0.0737. The molecule has 460 valence electrons. The van der Waals surface area contributed by atoms with E-state index in [2.05, 4.69) is 50.1 Å². The van der Waals surface area contributed by atoms with Crippen molar-refractivity contribution in [3.8, 4) is 34.0 Å². The molecule has 2 amide bonds. The summed E-state index contributed by atoms with van der Waals surface area (Å²) in [6, 6.07) is 24.3. The fourth-order valence-corrected chi connectivity index (χ4v) is 15.1. The van der Waals surface area contributed by atoms with Crippen molar-refractivity contribution < 1.29 is 48.0 Å². The van der Waals surface area contributed by atoms with Crippen LogP contribution in [0.5, 0.6) is 11.5 Å². The van der Waals surface area contributed by atoms with Crippen molar-refractivity contribution in [1.29, 1.82) is 0 Å². The summed E-state index contributed by atoms with van der Waals surface area (Å²) in [4.78, 5) is 57.7. The number of hydrogen-bond acceptors (Lipinski definition) is 11. The first-order chi connectivity index (χ1) is 41.5. The molecule has 4 heterocycles. The minimum Gasteiger partial charge on any atom is -0.497 e. The summed E-state index contributed by atoms with van der Waals surface area (Å²) in [6.07, 6.45) is 13.4. The molecule has 2 aliphatic heterocycles. The zero-order valence-electron chi connectivity index (χ0n) is 52.2. The van der Waals surface area contributed by atoms with Crippen molar-refractivity contribution >= 4 is 45.6 Å². The zero-order valence-corrected chi connectivity index (χ0v) is 52.2. The maximum absolute atomic E-state index is 14.4. The third-order valence-electron chi connectivity index (χ3n) is 19.6. The smallest absolute Gasteiger partial charge is 0.338 e. The molecule has 12 rings (SSSR count). The number of carbonyl (C=O) groups excluding carboxylic acids is 3. The molecule has 4 aromatic carbocycles. The number of carboxylic acids is 1. The van der Waals surface area contributed by atoms with E-state index in [1.165, 1.54) is 71.9 Å². The van der Waals surface area contributed by atoms with Crippen LogP contribution >= 0.6 is 0 Å². The first-order valence-corrected chi connectivity index (χ1v) is 31.6. The van der Waals surface area contributed by atoms with Gasteiger partial charge in [-0.3, -0.25) is 9.59 Å². The fraction of sp³-hybridized carbons (Fsp3) is 0.543. The van der Waals surface area contributed by atoms with E-state index in [0.29, 0.717) is 70.0 Å². The molecule has 16 heteroatoms. The summed E-state index contributed by atoms with van der Waals surface area (Å²) in [5.74, 6) is 1.61. The quantitative estimate of drug-likeness (QED) is 0.0488. The van der Waals surface area contributed by atoms with E-state index in [-0.39, 0.29) is 35.2 Å². The standard InChI is InChI=1S/C37H49N3O5.C33H41N3O5/c1-36(2,3)45-34(41)25-12-14-28-31(20-25)40-23-37(35(42)39(5)17-19-44-18-16-38-4)22-30(37)29-21-26(43-6)13-15-27(29)33(40)32(28)24-10-8-7-9-11-24;1-34-13-15-41-16-14-35(2)32(39)33-19-27(33)26-18-23(40-3)10-12-24(26)30-29(21-7-5-4-6-8-21)25-11-9-22(31(37)38)17-28(25)36(30)20-33/h12-15,20-21,24,30,38H,7-11,16-19,22-23H2,1-6H3;9-12,17-18,21,27,34H,4-8,13-16,19-20H2,1-3H3,(H,37,38)/t30-,37-;27-,33-/m00/s1. The summed E-state index contributed by atoms with van der Waals surface area (Å²) in [7, 11) is 10.9. The van der Waals surface area contributed by atoms with Gasteiger partial charge < -0.3 is 58.4 Å². The Morgan fingerprint density at radius 3 is 1.43 bits per heavy atom. The van der Waals surface area contributed by atoms with E-state index in [4.69, 9.17) is 23.7 Å². The van der Waals surface area contributed by atoms with Crippen LogP contribution in [0.3, 0.4) is 0 Å². The Balaban J connectivity index is 0.000000179. The lowest BCUT2D eigenvalue weighted by molar-refractivity contribution is -0.137. The molecule has 6 aliphatic rings. The number of benzene rings is 4. The Morgan fingerprint density at radius 1 is 0.593 bits per heavy atom. The molecule has 4 atom stereocenters. The Kier molecular flexibility index (Phi) is 17.8. The second-order valence-corrected chi connectivity index (χ2v) is 26.3. The molecule has 0 spiro atoms. The van der Waals surface area contributed by atoms with Gasteiger partial charge in [0.1, 0.15) is 17.1 Å². The van der Waals surface area contributed by atoms with Crippen LogP contribution in [-0.2, 0) is 36.9 Å². The first kappa shape index (κ1) is 60.9. The number of hydrogen-bond donors (Lipinski definition) is 3. The lowest BCUT2D eigenvalue weighted by Crippen LogP contribution is -2.39. The second-order valence-electron chi connectivity index (χ2n) is 26.3. The monoisotopic (exact) mass is 1170 g/mol. The van der Waals surface area contributed by atoms with Gasteiger partial charge in [-0.05, 0) is 168 Å². The molecular formula is C70H90N6O10. The van der Waals surface area contributed by atoms with Gasteiger partial charge in [0.05, 0.1) is 74.0 Å². The topological polar surface area (TPSA) is 175 Å². The van der Waals surface area contributed by atoms with Crippen molar-refractivity contribution in [3.05, 3.63) is 106 Å². The summed E-state index contributed by atoms with van der Waals surface area (Å²) >= 11 is 0. The van der Waals surface area contributed by atoms with E-state index < -0.39 is 22.4 Å². The van der Waals surface area contributed by atoms with Gasteiger partial charge in [-0.1, -0.05) is 50.7 Å². The van der Waals surface area contributed by atoms with Gasteiger partial charge >= 0.3 is 11.9 Å². The van der Waals surface area contributed by atoms with Crippen molar-refractivity contribution in [2.75, 3.05) is 95.0 Å².